The Balaban J connectivity index is 1.40. The summed E-state index contributed by atoms with van der Waals surface area (Å²) in [6.07, 6.45) is 11.2. The number of aromatic nitrogens is 4. The fourth-order valence-electron chi connectivity index (χ4n) is 5.74. The van der Waals surface area contributed by atoms with E-state index in [4.69, 9.17) is 11.6 Å². The van der Waals surface area contributed by atoms with Crippen molar-refractivity contribution in [3.8, 4) is 5.95 Å². The van der Waals surface area contributed by atoms with Crippen molar-refractivity contribution in [2.45, 2.75) is 57.5 Å². The SMILES string of the molecule is CC(C)N1CCN(C2(CNC(=O)c3cn(-c4ncc(F)cn4)c4nccc(Cl)c34)CCCCC2)CC1. The van der Waals surface area contributed by atoms with Crippen LogP contribution in [0.25, 0.3) is 17.0 Å². The Kier molecular flexibility index (Phi) is 7.23. The third-order valence-corrected chi connectivity index (χ3v) is 8.10. The predicted molar refractivity (Wildman–Crippen MR) is 138 cm³/mol. The smallest absolute Gasteiger partial charge is 0.253 e. The van der Waals surface area contributed by atoms with Crippen molar-refractivity contribution in [2.75, 3.05) is 32.7 Å². The number of carbonyl (C=O) groups excluding carboxylic acids is 1. The second kappa shape index (κ2) is 10.4. The second-order valence-electron chi connectivity index (χ2n) is 10.2. The maximum absolute atomic E-state index is 13.6. The molecular formula is C26H33ClFN7O. The van der Waals surface area contributed by atoms with Gasteiger partial charge in [-0.15, -0.1) is 0 Å². The number of pyridine rings is 1. The number of fused-ring (bicyclic) bond motifs is 1. The van der Waals surface area contributed by atoms with Crippen LogP contribution in [0.5, 0.6) is 0 Å². The first-order chi connectivity index (χ1) is 17.4. The molecule has 10 heteroatoms. The zero-order valence-electron chi connectivity index (χ0n) is 20.9. The molecule has 4 heterocycles. The normalized spacial score (nSPS) is 19.1. The Morgan fingerprint density at radius 1 is 1.11 bits per heavy atom. The van der Waals surface area contributed by atoms with Crippen LogP contribution in [-0.4, -0.2) is 79.5 Å². The number of nitrogens with one attached hydrogen (secondary N) is 1. The highest BCUT2D eigenvalue weighted by Crippen LogP contribution is 2.35. The highest BCUT2D eigenvalue weighted by atomic mass is 35.5. The van der Waals surface area contributed by atoms with Crippen molar-refractivity contribution in [2.24, 2.45) is 0 Å². The lowest BCUT2D eigenvalue weighted by atomic mass is 9.79. The molecule has 1 aliphatic heterocycles. The van der Waals surface area contributed by atoms with E-state index in [0.717, 1.165) is 51.4 Å². The van der Waals surface area contributed by atoms with Crippen molar-refractivity contribution in [1.82, 2.24) is 34.6 Å². The zero-order valence-corrected chi connectivity index (χ0v) is 21.6. The van der Waals surface area contributed by atoms with Gasteiger partial charge in [0.2, 0.25) is 5.95 Å². The second-order valence-corrected chi connectivity index (χ2v) is 10.6. The molecule has 1 N–H and O–H groups in total. The summed E-state index contributed by atoms with van der Waals surface area (Å²) in [5, 5.41) is 4.19. The van der Waals surface area contributed by atoms with Crippen molar-refractivity contribution >= 4 is 28.5 Å². The lowest BCUT2D eigenvalue weighted by Crippen LogP contribution is -2.62. The van der Waals surface area contributed by atoms with Gasteiger partial charge >= 0.3 is 0 Å². The summed E-state index contributed by atoms with van der Waals surface area (Å²) in [4.78, 5) is 31.2. The van der Waals surface area contributed by atoms with Crippen LogP contribution < -0.4 is 5.32 Å². The summed E-state index contributed by atoms with van der Waals surface area (Å²) in [5.41, 5.74) is 0.834. The average Bonchev–Trinajstić information content (AvgIpc) is 3.29. The van der Waals surface area contributed by atoms with Gasteiger partial charge in [-0.05, 0) is 32.8 Å². The molecule has 3 aromatic rings. The fourth-order valence-corrected chi connectivity index (χ4v) is 5.98. The maximum atomic E-state index is 13.6. The van der Waals surface area contributed by atoms with E-state index in [1.54, 1.807) is 23.0 Å². The van der Waals surface area contributed by atoms with E-state index in [-0.39, 0.29) is 17.4 Å². The summed E-state index contributed by atoms with van der Waals surface area (Å²) < 4.78 is 15.0. The first kappa shape index (κ1) is 25.0. The number of carbonyl (C=O) groups is 1. The lowest BCUT2D eigenvalue weighted by Gasteiger charge is -2.50. The maximum Gasteiger partial charge on any atom is 0.253 e. The van der Waals surface area contributed by atoms with Crippen LogP contribution in [0.3, 0.4) is 0 Å². The Bertz CT molecular complexity index is 1220. The molecule has 3 aromatic heterocycles. The summed E-state index contributed by atoms with van der Waals surface area (Å²) >= 11 is 6.52. The fraction of sp³-hybridized carbons (Fsp3) is 0.538. The molecule has 0 atom stereocenters. The van der Waals surface area contributed by atoms with Crippen molar-refractivity contribution in [1.29, 1.82) is 0 Å². The van der Waals surface area contributed by atoms with Crippen molar-refractivity contribution in [3.63, 3.8) is 0 Å². The highest BCUT2D eigenvalue weighted by Gasteiger charge is 2.40. The minimum Gasteiger partial charge on any atom is -0.350 e. The van der Waals surface area contributed by atoms with Crippen LogP contribution in [0.2, 0.25) is 5.02 Å². The number of halogens is 2. The largest absolute Gasteiger partial charge is 0.350 e. The molecule has 8 nitrogen and oxygen atoms in total. The summed E-state index contributed by atoms with van der Waals surface area (Å²) in [7, 11) is 0. The molecule has 1 aliphatic carbocycles. The van der Waals surface area contributed by atoms with Gasteiger partial charge in [-0.25, -0.2) is 19.3 Å². The molecule has 2 fully saturated rings. The summed E-state index contributed by atoms with van der Waals surface area (Å²) in [5.74, 6) is -0.519. The van der Waals surface area contributed by atoms with E-state index >= 15 is 0 Å². The monoisotopic (exact) mass is 513 g/mol. The van der Waals surface area contributed by atoms with Gasteiger partial charge in [-0.2, -0.15) is 0 Å². The van der Waals surface area contributed by atoms with Gasteiger partial charge < -0.3 is 5.32 Å². The van der Waals surface area contributed by atoms with E-state index in [0.29, 0.717) is 34.2 Å². The topological polar surface area (TPSA) is 79.2 Å². The van der Waals surface area contributed by atoms with E-state index in [9.17, 15) is 9.18 Å². The third-order valence-electron chi connectivity index (χ3n) is 7.78. The molecule has 0 unspecified atom stereocenters. The molecule has 1 amide bonds. The first-order valence-corrected chi connectivity index (χ1v) is 13.2. The quantitative estimate of drug-likeness (QED) is 0.535. The van der Waals surface area contributed by atoms with Gasteiger partial charge in [-0.3, -0.25) is 19.2 Å². The molecule has 0 aromatic carbocycles. The van der Waals surface area contributed by atoms with Crippen LogP contribution in [0.15, 0.2) is 30.9 Å². The summed E-state index contributed by atoms with van der Waals surface area (Å²) in [6, 6.07) is 2.21. The van der Waals surface area contributed by atoms with Gasteiger partial charge in [0.1, 0.15) is 5.65 Å². The minimum atomic E-state index is -0.536. The molecule has 0 radical (unpaired) electrons. The molecule has 2 aliphatic rings. The van der Waals surface area contributed by atoms with Crippen molar-refractivity contribution < 1.29 is 9.18 Å². The van der Waals surface area contributed by atoms with Crippen LogP contribution >= 0.6 is 11.6 Å². The van der Waals surface area contributed by atoms with Gasteiger partial charge in [-0.1, -0.05) is 30.9 Å². The minimum absolute atomic E-state index is 0.0303. The van der Waals surface area contributed by atoms with E-state index < -0.39 is 5.82 Å². The Morgan fingerprint density at radius 2 is 1.81 bits per heavy atom. The Hall–Kier alpha value is -2.62. The lowest BCUT2D eigenvalue weighted by molar-refractivity contribution is 0.000839. The van der Waals surface area contributed by atoms with Gasteiger partial charge in [0.05, 0.1) is 28.4 Å². The number of rotatable bonds is 6. The molecular weight excluding hydrogens is 481 g/mol. The molecule has 1 saturated heterocycles. The Morgan fingerprint density at radius 3 is 2.47 bits per heavy atom. The van der Waals surface area contributed by atoms with Gasteiger partial charge in [0.25, 0.3) is 5.91 Å². The molecule has 1 saturated carbocycles. The molecule has 192 valence electrons. The van der Waals surface area contributed by atoms with Crippen LogP contribution in [0.4, 0.5) is 4.39 Å². The first-order valence-electron chi connectivity index (χ1n) is 12.8. The van der Waals surface area contributed by atoms with E-state index in [1.807, 2.05) is 0 Å². The number of amides is 1. The predicted octanol–water partition coefficient (Wildman–Crippen LogP) is 4.07. The molecule has 0 bridgehead atoms. The van der Waals surface area contributed by atoms with Crippen LogP contribution in [0.1, 0.15) is 56.3 Å². The highest BCUT2D eigenvalue weighted by molar-refractivity contribution is 6.36. The Labute approximate surface area is 215 Å². The van der Waals surface area contributed by atoms with Crippen LogP contribution in [0, 0.1) is 5.82 Å². The molecule has 0 spiro atoms. The standard InChI is InChI=1S/C26H33ClFN7O/c1-18(2)33-10-12-34(13-11-33)26(7-4-3-5-8-26)17-32-24(36)20-16-35(25-30-14-19(28)15-31-25)23-22(20)21(27)6-9-29-23/h6,9,14-16,18H,3-5,7-8,10-13,17H2,1-2H3,(H,32,36). The summed E-state index contributed by atoms with van der Waals surface area (Å²) in [6.45, 7) is 9.24. The van der Waals surface area contributed by atoms with Crippen molar-refractivity contribution in [3.05, 3.63) is 47.3 Å². The third kappa shape index (κ3) is 4.84. The van der Waals surface area contributed by atoms with E-state index in [2.05, 4.69) is 43.9 Å². The molecule has 36 heavy (non-hydrogen) atoms. The van der Waals surface area contributed by atoms with E-state index in [1.165, 1.54) is 19.3 Å². The number of piperazine rings is 1. The van der Waals surface area contributed by atoms with Gasteiger partial charge in [0, 0.05) is 56.7 Å². The number of hydrogen-bond donors (Lipinski definition) is 1. The molecule has 5 rings (SSSR count). The zero-order chi connectivity index (χ0) is 25.3. The van der Waals surface area contributed by atoms with Crippen LogP contribution in [-0.2, 0) is 0 Å². The number of hydrogen-bond acceptors (Lipinski definition) is 6. The average molecular weight is 514 g/mol. The number of nitrogens with zero attached hydrogens (tertiary/aromatic N) is 6. The van der Waals surface area contributed by atoms with Gasteiger partial charge in [0.15, 0.2) is 5.82 Å².